The monoisotopic (exact) mass is 175 g/mol. The van der Waals surface area contributed by atoms with Gasteiger partial charge in [0.2, 0.25) is 0 Å². The quantitative estimate of drug-likeness (QED) is 0.550. The molecule has 2 heteroatoms. The van der Waals surface area contributed by atoms with Gasteiger partial charge in [-0.3, -0.25) is 0 Å². The summed E-state index contributed by atoms with van der Waals surface area (Å²) in [6, 6.07) is 3.79. The Morgan fingerprint density at radius 2 is 2.08 bits per heavy atom. The molecule has 0 spiro atoms. The van der Waals surface area contributed by atoms with Crippen LogP contribution in [0.3, 0.4) is 0 Å². The summed E-state index contributed by atoms with van der Waals surface area (Å²) in [6.07, 6.45) is 5.09. The molecule has 0 saturated carbocycles. The molecule has 2 N–H and O–H groups in total. The van der Waals surface area contributed by atoms with Gasteiger partial charge in [0.15, 0.2) is 0 Å². The molecular formula is C11H13NO. The van der Waals surface area contributed by atoms with Gasteiger partial charge in [0.25, 0.3) is 0 Å². The average Bonchev–Trinajstić information content (AvgIpc) is 2.09. The molecule has 0 fully saturated rings. The summed E-state index contributed by atoms with van der Waals surface area (Å²) in [5.74, 6) is 3.23. The molecule has 0 bridgehead atoms. The fourth-order valence-electron chi connectivity index (χ4n) is 1.09. The van der Waals surface area contributed by atoms with Crippen LogP contribution in [0.1, 0.15) is 11.1 Å². The molecule has 68 valence electrons. The van der Waals surface area contributed by atoms with Crippen LogP contribution in [0.25, 0.3) is 0 Å². The Hall–Kier alpha value is -1.62. The Labute approximate surface area is 78.7 Å². The highest BCUT2D eigenvalue weighted by Gasteiger charge is 2.01. The number of benzene rings is 1. The molecule has 0 aliphatic rings. The summed E-state index contributed by atoms with van der Waals surface area (Å²) in [5, 5.41) is 0. The van der Waals surface area contributed by atoms with Crippen LogP contribution in [0, 0.1) is 26.2 Å². The van der Waals surface area contributed by atoms with Crippen LogP contribution >= 0.6 is 0 Å². The summed E-state index contributed by atoms with van der Waals surface area (Å²) in [7, 11) is 0. The van der Waals surface area contributed by atoms with Gasteiger partial charge in [-0.05, 0) is 37.1 Å². The normalized spacial score (nSPS) is 9.31. The minimum Gasteiger partial charge on any atom is -0.481 e. The van der Waals surface area contributed by atoms with E-state index in [0.717, 1.165) is 22.6 Å². The topological polar surface area (TPSA) is 35.2 Å². The molecule has 0 atom stereocenters. The van der Waals surface area contributed by atoms with Crippen LogP contribution in [0.5, 0.6) is 5.75 Å². The first kappa shape index (κ1) is 9.47. The van der Waals surface area contributed by atoms with Crippen molar-refractivity contribution in [3.63, 3.8) is 0 Å². The van der Waals surface area contributed by atoms with Gasteiger partial charge in [-0.2, -0.15) is 0 Å². The van der Waals surface area contributed by atoms with Crippen molar-refractivity contribution in [2.45, 2.75) is 13.8 Å². The van der Waals surface area contributed by atoms with Crippen LogP contribution in [0.2, 0.25) is 0 Å². The van der Waals surface area contributed by atoms with E-state index < -0.39 is 0 Å². The molecule has 1 rings (SSSR count). The lowest BCUT2D eigenvalue weighted by Gasteiger charge is -2.09. The molecular weight excluding hydrogens is 162 g/mol. The molecule has 1 aromatic rings. The maximum absolute atomic E-state index is 5.72. The van der Waals surface area contributed by atoms with Crippen molar-refractivity contribution in [3.8, 4) is 18.1 Å². The highest BCUT2D eigenvalue weighted by atomic mass is 16.5. The summed E-state index contributed by atoms with van der Waals surface area (Å²) in [6.45, 7) is 4.18. The van der Waals surface area contributed by atoms with Crippen molar-refractivity contribution in [1.82, 2.24) is 0 Å². The van der Waals surface area contributed by atoms with E-state index in [0.29, 0.717) is 6.61 Å². The zero-order valence-electron chi connectivity index (χ0n) is 7.92. The van der Waals surface area contributed by atoms with E-state index in [1.165, 1.54) is 0 Å². The third-order valence-electron chi connectivity index (χ3n) is 1.87. The largest absolute Gasteiger partial charge is 0.481 e. The minimum atomic E-state index is 0.296. The Bertz CT molecular complexity index is 350. The van der Waals surface area contributed by atoms with Gasteiger partial charge in [-0.1, -0.05) is 5.92 Å². The Balaban J connectivity index is 2.96. The van der Waals surface area contributed by atoms with Crippen LogP contribution in [-0.2, 0) is 0 Å². The Kier molecular flexibility index (Phi) is 2.81. The summed E-state index contributed by atoms with van der Waals surface area (Å²) >= 11 is 0. The maximum atomic E-state index is 5.72. The Morgan fingerprint density at radius 3 is 2.69 bits per heavy atom. The molecule has 13 heavy (non-hydrogen) atoms. The van der Waals surface area contributed by atoms with E-state index in [1.807, 2.05) is 26.0 Å². The number of nitrogens with two attached hydrogens (primary N) is 1. The number of hydrogen-bond donors (Lipinski definition) is 1. The molecule has 0 aliphatic carbocycles. The van der Waals surface area contributed by atoms with Gasteiger partial charge in [0, 0.05) is 5.69 Å². The number of terminal acetylenes is 1. The molecule has 0 amide bonds. The van der Waals surface area contributed by atoms with E-state index in [4.69, 9.17) is 16.9 Å². The standard InChI is InChI=1S/C11H13NO/c1-4-5-13-11-7-8(2)10(12)6-9(11)3/h1,6-7H,5,12H2,2-3H3. The van der Waals surface area contributed by atoms with Gasteiger partial charge in [0.05, 0.1) is 0 Å². The SMILES string of the molecule is C#CCOc1cc(C)c(N)cc1C. The first-order valence-electron chi connectivity index (χ1n) is 4.08. The lowest BCUT2D eigenvalue weighted by atomic mass is 10.1. The molecule has 0 aliphatic heterocycles. The first-order valence-corrected chi connectivity index (χ1v) is 4.08. The predicted molar refractivity (Wildman–Crippen MR) is 54.7 cm³/mol. The van der Waals surface area contributed by atoms with Crippen LogP contribution in [0.4, 0.5) is 5.69 Å². The average molecular weight is 175 g/mol. The van der Waals surface area contributed by atoms with Crippen molar-refractivity contribution in [2.75, 3.05) is 12.3 Å². The fraction of sp³-hybridized carbons (Fsp3) is 0.273. The molecule has 1 aromatic carbocycles. The van der Waals surface area contributed by atoms with Crippen molar-refractivity contribution < 1.29 is 4.74 Å². The molecule has 0 heterocycles. The maximum Gasteiger partial charge on any atom is 0.148 e. The van der Waals surface area contributed by atoms with Gasteiger partial charge in [-0.15, -0.1) is 6.42 Å². The molecule has 0 unspecified atom stereocenters. The van der Waals surface area contributed by atoms with Crippen LogP contribution < -0.4 is 10.5 Å². The Morgan fingerprint density at radius 1 is 1.38 bits per heavy atom. The van der Waals surface area contributed by atoms with E-state index >= 15 is 0 Å². The number of nitrogen functional groups attached to an aromatic ring is 1. The van der Waals surface area contributed by atoms with Gasteiger partial charge < -0.3 is 10.5 Å². The van der Waals surface area contributed by atoms with Crippen molar-refractivity contribution in [1.29, 1.82) is 0 Å². The third kappa shape index (κ3) is 2.16. The van der Waals surface area contributed by atoms with Gasteiger partial charge in [-0.25, -0.2) is 0 Å². The lowest BCUT2D eigenvalue weighted by Crippen LogP contribution is -1.98. The van der Waals surface area contributed by atoms with Gasteiger partial charge in [0.1, 0.15) is 12.4 Å². The third-order valence-corrected chi connectivity index (χ3v) is 1.87. The van der Waals surface area contributed by atoms with E-state index in [2.05, 4.69) is 5.92 Å². The number of ether oxygens (including phenoxy) is 1. The minimum absolute atomic E-state index is 0.296. The van der Waals surface area contributed by atoms with Crippen LogP contribution in [-0.4, -0.2) is 6.61 Å². The van der Waals surface area contributed by atoms with Gasteiger partial charge >= 0.3 is 0 Å². The molecule has 0 aromatic heterocycles. The zero-order valence-corrected chi connectivity index (χ0v) is 7.92. The summed E-state index contributed by atoms with van der Waals surface area (Å²) in [5.41, 5.74) is 8.53. The lowest BCUT2D eigenvalue weighted by molar-refractivity contribution is 0.367. The number of rotatable bonds is 2. The van der Waals surface area contributed by atoms with Crippen molar-refractivity contribution in [2.24, 2.45) is 0 Å². The van der Waals surface area contributed by atoms with Crippen molar-refractivity contribution in [3.05, 3.63) is 23.3 Å². The smallest absolute Gasteiger partial charge is 0.148 e. The second-order valence-corrected chi connectivity index (χ2v) is 2.97. The van der Waals surface area contributed by atoms with Crippen LogP contribution in [0.15, 0.2) is 12.1 Å². The first-order chi connectivity index (χ1) is 6.15. The predicted octanol–water partition coefficient (Wildman–Crippen LogP) is 1.90. The number of hydrogen-bond acceptors (Lipinski definition) is 2. The molecule has 2 nitrogen and oxygen atoms in total. The number of anilines is 1. The summed E-state index contributed by atoms with van der Waals surface area (Å²) < 4.78 is 5.33. The number of aryl methyl sites for hydroxylation is 2. The zero-order chi connectivity index (χ0) is 9.84. The van der Waals surface area contributed by atoms with E-state index in [9.17, 15) is 0 Å². The fourth-order valence-corrected chi connectivity index (χ4v) is 1.09. The molecule has 0 saturated heterocycles. The second-order valence-electron chi connectivity index (χ2n) is 2.97. The second kappa shape index (κ2) is 3.86. The molecule has 0 radical (unpaired) electrons. The van der Waals surface area contributed by atoms with E-state index in [1.54, 1.807) is 0 Å². The highest BCUT2D eigenvalue weighted by Crippen LogP contribution is 2.23. The van der Waals surface area contributed by atoms with Crippen molar-refractivity contribution >= 4 is 5.69 Å². The van der Waals surface area contributed by atoms with E-state index in [-0.39, 0.29) is 0 Å². The summed E-state index contributed by atoms with van der Waals surface area (Å²) in [4.78, 5) is 0. The highest BCUT2D eigenvalue weighted by molar-refractivity contribution is 5.53.